The fraction of sp³-hybridized carbons (Fsp3) is 0.111. The van der Waals surface area contributed by atoms with Gasteiger partial charge in [0.15, 0.2) is 0 Å². The lowest BCUT2D eigenvalue weighted by Gasteiger charge is -1.77. The summed E-state index contributed by atoms with van der Waals surface area (Å²) in [4.78, 5) is 3.91. The first-order valence-electron chi connectivity index (χ1n) is 3.45. The van der Waals surface area contributed by atoms with Crippen molar-refractivity contribution in [1.82, 2.24) is 4.98 Å². The number of hydrogen-bond donors (Lipinski definition) is 0. The minimum absolute atomic E-state index is 0.624. The van der Waals surface area contributed by atoms with Crippen molar-refractivity contribution in [3.8, 4) is 0 Å². The van der Waals surface area contributed by atoms with Crippen molar-refractivity contribution in [3.63, 3.8) is 0 Å². The lowest BCUT2D eigenvalue weighted by Crippen LogP contribution is -1.64. The number of nitrogens with zero attached hydrogens (tertiary/aromatic N) is 1. The van der Waals surface area contributed by atoms with Crippen LogP contribution in [0.3, 0.4) is 0 Å². The molecule has 2 heteroatoms. The summed E-state index contributed by atoms with van der Waals surface area (Å²) < 4.78 is 4.97. The standard InChI is InChI=1S/C9H10NO/c1-2-3-4-5-6-9-10-7-8-11-9/h3-8H,1-2H2/b4-3+,6-5+. The number of hydrogen-bond acceptors (Lipinski definition) is 2. The Hall–Kier alpha value is -1.31. The van der Waals surface area contributed by atoms with Crippen molar-refractivity contribution < 1.29 is 4.42 Å². The van der Waals surface area contributed by atoms with Crippen LogP contribution in [0, 0.1) is 6.92 Å². The number of oxazole rings is 1. The average Bonchev–Trinajstić information content (AvgIpc) is 2.50. The van der Waals surface area contributed by atoms with E-state index in [1.165, 1.54) is 0 Å². The maximum Gasteiger partial charge on any atom is 0.218 e. The third-order valence-electron chi connectivity index (χ3n) is 1.10. The summed E-state index contributed by atoms with van der Waals surface area (Å²) in [6.45, 7) is 3.66. The first kappa shape index (κ1) is 7.79. The van der Waals surface area contributed by atoms with Gasteiger partial charge in [-0.3, -0.25) is 0 Å². The Balaban J connectivity index is 2.43. The van der Waals surface area contributed by atoms with Gasteiger partial charge >= 0.3 is 0 Å². The molecule has 2 nitrogen and oxygen atoms in total. The molecule has 0 aliphatic rings. The van der Waals surface area contributed by atoms with Crippen LogP contribution < -0.4 is 0 Å². The van der Waals surface area contributed by atoms with E-state index in [2.05, 4.69) is 11.9 Å². The molecule has 0 saturated heterocycles. The van der Waals surface area contributed by atoms with Crippen LogP contribution in [0.5, 0.6) is 0 Å². The van der Waals surface area contributed by atoms with Gasteiger partial charge in [-0.15, -0.1) is 0 Å². The van der Waals surface area contributed by atoms with Crippen LogP contribution in [0.2, 0.25) is 0 Å². The zero-order chi connectivity index (χ0) is 7.94. The molecule has 1 heterocycles. The monoisotopic (exact) mass is 148 g/mol. The molecule has 0 aromatic carbocycles. The third-order valence-corrected chi connectivity index (χ3v) is 1.10. The van der Waals surface area contributed by atoms with Crippen molar-refractivity contribution in [2.24, 2.45) is 0 Å². The predicted octanol–water partition coefficient (Wildman–Crippen LogP) is 2.47. The van der Waals surface area contributed by atoms with Gasteiger partial charge in [-0.25, -0.2) is 4.98 Å². The molecule has 0 aliphatic heterocycles. The highest BCUT2D eigenvalue weighted by molar-refractivity contribution is 5.40. The van der Waals surface area contributed by atoms with Gasteiger partial charge in [0.2, 0.25) is 5.89 Å². The van der Waals surface area contributed by atoms with E-state index >= 15 is 0 Å². The molecule has 0 fully saturated rings. The fourth-order valence-electron chi connectivity index (χ4n) is 0.629. The molecule has 0 spiro atoms. The van der Waals surface area contributed by atoms with Gasteiger partial charge in [-0.05, 0) is 13.3 Å². The molecule has 1 aromatic heterocycles. The van der Waals surface area contributed by atoms with Crippen molar-refractivity contribution >= 4 is 6.08 Å². The topological polar surface area (TPSA) is 26.0 Å². The van der Waals surface area contributed by atoms with E-state index in [1.807, 2.05) is 18.2 Å². The molecular weight excluding hydrogens is 138 g/mol. The van der Waals surface area contributed by atoms with Crippen LogP contribution in [0.15, 0.2) is 35.1 Å². The van der Waals surface area contributed by atoms with Gasteiger partial charge in [0.1, 0.15) is 6.26 Å². The van der Waals surface area contributed by atoms with Crippen LogP contribution >= 0.6 is 0 Å². The maximum absolute atomic E-state index is 4.97. The highest BCUT2D eigenvalue weighted by Gasteiger charge is 1.84. The van der Waals surface area contributed by atoms with Crippen LogP contribution in [-0.4, -0.2) is 4.98 Å². The quantitative estimate of drug-likeness (QED) is 0.615. The molecule has 57 valence electrons. The molecule has 0 saturated carbocycles. The molecule has 0 amide bonds. The van der Waals surface area contributed by atoms with Gasteiger partial charge in [0, 0.05) is 6.08 Å². The Bertz CT molecular complexity index is 234. The van der Waals surface area contributed by atoms with E-state index in [1.54, 1.807) is 18.5 Å². The van der Waals surface area contributed by atoms with Crippen molar-refractivity contribution in [2.75, 3.05) is 0 Å². The SMILES string of the molecule is [CH2]C/C=C/C=C/c1ncco1. The van der Waals surface area contributed by atoms with Gasteiger partial charge in [-0.1, -0.05) is 18.2 Å². The minimum Gasteiger partial charge on any atom is -0.445 e. The summed E-state index contributed by atoms with van der Waals surface area (Å²) in [7, 11) is 0. The zero-order valence-corrected chi connectivity index (χ0v) is 6.23. The Labute approximate surface area is 66.3 Å². The number of allylic oxidation sites excluding steroid dienone is 3. The van der Waals surface area contributed by atoms with E-state index in [4.69, 9.17) is 4.42 Å². The van der Waals surface area contributed by atoms with E-state index in [9.17, 15) is 0 Å². The summed E-state index contributed by atoms with van der Waals surface area (Å²) in [6.07, 6.45) is 11.5. The van der Waals surface area contributed by atoms with Crippen LogP contribution in [0.4, 0.5) is 0 Å². The molecule has 0 aliphatic carbocycles. The van der Waals surface area contributed by atoms with Crippen LogP contribution in [0.25, 0.3) is 6.08 Å². The molecule has 1 rings (SSSR count). The lowest BCUT2D eigenvalue weighted by molar-refractivity contribution is 0.546. The van der Waals surface area contributed by atoms with Gasteiger partial charge in [-0.2, -0.15) is 0 Å². The van der Waals surface area contributed by atoms with E-state index in [0.29, 0.717) is 5.89 Å². The normalized spacial score (nSPS) is 11.7. The van der Waals surface area contributed by atoms with Crippen molar-refractivity contribution in [3.05, 3.63) is 43.5 Å². The van der Waals surface area contributed by atoms with Crippen LogP contribution in [0.1, 0.15) is 12.3 Å². The number of aromatic nitrogens is 1. The Kier molecular flexibility index (Phi) is 3.19. The first-order valence-corrected chi connectivity index (χ1v) is 3.45. The smallest absolute Gasteiger partial charge is 0.218 e. The average molecular weight is 148 g/mol. The summed E-state index contributed by atoms with van der Waals surface area (Å²) >= 11 is 0. The van der Waals surface area contributed by atoms with Crippen LogP contribution in [-0.2, 0) is 0 Å². The van der Waals surface area contributed by atoms with Gasteiger partial charge < -0.3 is 4.42 Å². The van der Waals surface area contributed by atoms with Crippen molar-refractivity contribution in [1.29, 1.82) is 0 Å². The van der Waals surface area contributed by atoms with E-state index in [-0.39, 0.29) is 0 Å². The third kappa shape index (κ3) is 2.85. The highest BCUT2D eigenvalue weighted by atomic mass is 16.3. The second-order valence-electron chi connectivity index (χ2n) is 1.95. The van der Waals surface area contributed by atoms with E-state index in [0.717, 1.165) is 6.42 Å². The molecule has 0 unspecified atom stereocenters. The van der Waals surface area contributed by atoms with E-state index < -0.39 is 0 Å². The molecule has 1 radical (unpaired) electrons. The Morgan fingerprint density at radius 2 is 2.45 bits per heavy atom. The predicted molar refractivity (Wildman–Crippen MR) is 44.7 cm³/mol. The van der Waals surface area contributed by atoms with Gasteiger partial charge in [0.05, 0.1) is 6.20 Å². The largest absolute Gasteiger partial charge is 0.445 e. The fourth-order valence-corrected chi connectivity index (χ4v) is 0.629. The maximum atomic E-state index is 4.97. The zero-order valence-electron chi connectivity index (χ0n) is 6.23. The summed E-state index contributed by atoms with van der Waals surface area (Å²) in [5.74, 6) is 0.624. The molecule has 0 bridgehead atoms. The van der Waals surface area contributed by atoms with Crippen molar-refractivity contribution in [2.45, 2.75) is 6.42 Å². The lowest BCUT2D eigenvalue weighted by atomic mass is 10.4. The molecule has 1 aromatic rings. The summed E-state index contributed by atoms with van der Waals surface area (Å²) in [5.41, 5.74) is 0. The Morgan fingerprint density at radius 1 is 1.55 bits per heavy atom. The first-order chi connectivity index (χ1) is 5.43. The molecule has 11 heavy (non-hydrogen) atoms. The molecular formula is C9H10NO. The molecule has 0 atom stereocenters. The highest BCUT2D eigenvalue weighted by Crippen LogP contribution is 1.96. The molecule has 0 N–H and O–H groups in total. The Morgan fingerprint density at radius 3 is 3.09 bits per heavy atom. The second-order valence-corrected chi connectivity index (χ2v) is 1.95. The minimum atomic E-state index is 0.624. The summed E-state index contributed by atoms with van der Waals surface area (Å²) in [5, 5.41) is 0. The summed E-state index contributed by atoms with van der Waals surface area (Å²) in [6, 6.07) is 0. The van der Waals surface area contributed by atoms with Gasteiger partial charge in [0.25, 0.3) is 0 Å². The number of rotatable bonds is 3. The second kappa shape index (κ2) is 4.50.